The summed E-state index contributed by atoms with van der Waals surface area (Å²) in [5.74, 6) is 0. The summed E-state index contributed by atoms with van der Waals surface area (Å²) in [6.07, 6.45) is 4.80. The lowest BCUT2D eigenvalue weighted by molar-refractivity contribution is 1.07. The number of aromatic nitrogens is 1. The first kappa shape index (κ1) is 7.73. The van der Waals surface area contributed by atoms with Gasteiger partial charge in [-0.3, -0.25) is 4.98 Å². The molecule has 2 heteroatoms. The van der Waals surface area contributed by atoms with Crippen LogP contribution in [-0.4, -0.2) is 4.98 Å². The van der Waals surface area contributed by atoms with Gasteiger partial charge in [-0.15, -0.1) is 0 Å². The Balaban J connectivity index is 3.17. The van der Waals surface area contributed by atoms with Gasteiger partial charge in [0.25, 0.3) is 0 Å². The number of halogens is 1. The Labute approximate surface area is 69.6 Å². The van der Waals surface area contributed by atoms with Crippen LogP contribution in [0.2, 0.25) is 0 Å². The van der Waals surface area contributed by atoms with Gasteiger partial charge in [-0.2, -0.15) is 0 Å². The van der Waals surface area contributed by atoms with Crippen molar-refractivity contribution in [3.63, 3.8) is 0 Å². The minimum atomic E-state index is 1.06. The summed E-state index contributed by atoms with van der Waals surface area (Å²) in [7, 11) is 0. The number of rotatable bonds is 1. The molecule has 1 rings (SSSR count). The smallest absolute Gasteiger partial charge is 0.0413 e. The van der Waals surface area contributed by atoms with E-state index in [1.807, 2.05) is 12.4 Å². The summed E-state index contributed by atoms with van der Waals surface area (Å²) in [6, 6.07) is 0. The molecule has 0 saturated carbocycles. The quantitative estimate of drug-likeness (QED) is 0.679. The molecule has 0 aromatic carbocycles. The lowest BCUT2D eigenvalue weighted by Gasteiger charge is -2.02. The third-order valence-corrected chi connectivity index (χ3v) is 2.26. The molecule has 1 aromatic rings. The fourth-order valence-electron chi connectivity index (χ4n) is 1.01. The van der Waals surface area contributed by atoms with E-state index in [9.17, 15) is 0 Å². The van der Waals surface area contributed by atoms with E-state index in [-0.39, 0.29) is 0 Å². The molecule has 0 bridgehead atoms. The summed E-state index contributed by atoms with van der Waals surface area (Å²) in [6.45, 7) is 4.23. The molecule has 0 saturated heterocycles. The van der Waals surface area contributed by atoms with Crippen LogP contribution in [-0.2, 0) is 6.42 Å². The first-order valence-electron chi connectivity index (χ1n) is 3.34. The maximum atomic E-state index is 4.05. The van der Waals surface area contributed by atoms with Crippen LogP contribution < -0.4 is 0 Å². The van der Waals surface area contributed by atoms with Gasteiger partial charge < -0.3 is 0 Å². The average molecular weight is 200 g/mol. The SMILES string of the molecule is CCc1c(C)cncc1Br. The average Bonchev–Trinajstić information content (AvgIpc) is 1.88. The largest absolute Gasteiger partial charge is 0.263 e. The predicted octanol–water partition coefficient (Wildman–Crippen LogP) is 2.71. The van der Waals surface area contributed by atoms with Crippen LogP contribution in [0.1, 0.15) is 18.1 Å². The minimum Gasteiger partial charge on any atom is -0.263 e. The van der Waals surface area contributed by atoms with Gasteiger partial charge in [0.15, 0.2) is 0 Å². The van der Waals surface area contributed by atoms with E-state index >= 15 is 0 Å². The van der Waals surface area contributed by atoms with Crippen molar-refractivity contribution in [1.82, 2.24) is 4.98 Å². The van der Waals surface area contributed by atoms with Crippen LogP contribution >= 0.6 is 15.9 Å². The fraction of sp³-hybridized carbons (Fsp3) is 0.375. The van der Waals surface area contributed by atoms with Gasteiger partial charge in [-0.1, -0.05) is 6.92 Å². The Hall–Kier alpha value is -0.370. The second-order valence-corrected chi connectivity index (χ2v) is 3.12. The van der Waals surface area contributed by atoms with Crippen molar-refractivity contribution in [3.8, 4) is 0 Å². The summed E-state index contributed by atoms with van der Waals surface area (Å²) < 4.78 is 1.12. The topological polar surface area (TPSA) is 12.9 Å². The number of aryl methyl sites for hydroxylation is 1. The van der Waals surface area contributed by atoms with Crippen molar-refractivity contribution in [2.75, 3.05) is 0 Å². The van der Waals surface area contributed by atoms with E-state index in [1.54, 1.807) is 0 Å². The number of hydrogen-bond donors (Lipinski definition) is 0. The van der Waals surface area contributed by atoms with E-state index < -0.39 is 0 Å². The molecule has 0 aliphatic heterocycles. The molecule has 0 amide bonds. The van der Waals surface area contributed by atoms with Crippen LogP contribution in [0.3, 0.4) is 0 Å². The molecule has 0 aliphatic rings. The number of hydrogen-bond acceptors (Lipinski definition) is 1. The Morgan fingerprint density at radius 1 is 1.50 bits per heavy atom. The third kappa shape index (κ3) is 1.37. The first-order valence-corrected chi connectivity index (χ1v) is 4.14. The maximum Gasteiger partial charge on any atom is 0.0413 e. The van der Waals surface area contributed by atoms with Gasteiger partial charge in [0.1, 0.15) is 0 Å². The second kappa shape index (κ2) is 3.15. The van der Waals surface area contributed by atoms with E-state index in [1.165, 1.54) is 11.1 Å². The third-order valence-electron chi connectivity index (χ3n) is 1.57. The Kier molecular flexibility index (Phi) is 2.44. The molecule has 0 spiro atoms. The molecule has 0 N–H and O–H groups in total. The standard InChI is InChI=1S/C8H10BrN/c1-3-7-6(2)4-10-5-8(7)9/h4-5H,3H2,1-2H3. The molecule has 0 fully saturated rings. The van der Waals surface area contributed by atoms with E-state index in [0.717, 1.165) is 10.9 Å². The van der Waals surface area contributed by atoms with Crippen molar-refractivity contribution in [2.45, 2.75) is 20.3 Å². The second-order valence-electron chi connectivity index (χ2n) is 2.27. The minimum absolute atomic E-state index is 1.06. The molecule has 0 unspecified atom stereocenters. The zero-order valence-electron chi connectivity index (χ0n) is 6.19. The summed E-state index contributed by atoms with van der Waals surface area (Å²) in [5.41, 5.74) is 2.62. The Morgan fingerprint density at radius 3 is 2.60 bits per heavy atom. The molecule has 1 nitrogen and oxygen atoms in total. The van der Waals surface area contributed by atoms with Crippen LogP contribution in [0.5, 0.6) is 0 Å². The van der Waals surface area contributed by atoms with Gasteiger partial charge in [-0.25, -0.2) is 0 Å². The van der Waals surface area contributed by atoms with Crippen LogP contribution in [0.15, 0.2) is 16.9 Å². The molecule has 0 radical (unpaired) electrons. The fourth-order valence-corrected chi connectivity index (χ4v) is 1.72. The van der Waals surface area contributed by atoms with Crippen LogP contribution in [0.25, 0.3) is 0 Å². The van der Waals surface area contributed by atoms with Crippen LogP contribution in [0, 0.1) is 6.92 Å². The van der Waals surface area contributed by atoms with Gasteiger partial charge in [0.2, 0.25) is 0 Å². The molecule has 0 atom stereocenters. The number of nitrogens with zero attached hydrogens (tertiary/aromatic N) is 1. The summed E-state index contributed by atoms with van der Waals surface area (Å²) in [5, 5.41) is 0. The van der Waals surface area contributed by atoms with Crippen LogP contribution in [0.4, 0.5) is 0 Å². The molecule has 54 valence electrons. The normalized spacial score (nSPS) is 9.90. The van der Waals surface area contributed by atoms with Gasteiger partial charge in [0.05, 0.1) is 0 Å². The molecule has 1 heterocycles. The van der Waals surface area contributed by atoms with E-state index in [0.29, 0.717) is 0 Å². The summed E-state index contributed by atoms with van der Waals surface area (Å²) >= 11 is 3.44. The zero-order chi connectivity index (χ0) is 7.56. The van der Waals surface area contributed by atoms with Crippen molar-refractivity contribution < 1.29 is 0 Å². The Bertz CT molecular complexity index is 212. The first-order chi connectivity index (χ1) is 4.75. The Morgan fingerprint density at radius 2 is 2.20 bits per heavy atom. The van der Waals surface area contributed by atoms with Gasteiger partial charge in [-0.05, 0) is 40.4 Å². The van der Waals surface area contributed by atoms with E-state index in [2.05, 4.69) is 34.8 Å². The molecular weight excluding hydrogens is 190 g/mol. The van der Waals surface area contributed by atoms with Crippen molar-refractivity contribution in [1.29, 1.82) is 0 Å². The van der Waals surface area contributed by atoms with E-state index in [4.69, 9.17) is 0 Å². The van der Waals surface area contributed by atoms with Crippen molar-refractivity contribution in [3.05, 3.63) is 28.0 Å². The molecule has 0 aliphatic carbocycles. The van der Waals surface area contributed by atoms with Crippen molar-refractivity contribution >= 4 is 15.9 Å². The highest BCUT2D eigenvalue weighted by Crippen LogP contribution is 2.18. The maximum absolute atomic E-state index is 4.05. The number of pyridine rings is 1. The van der Waals surface area contributed by atoms with Gasteiger partial charge >= 0.3 is 0 Å². The molecule has 1 aromatic heterocycles. The summed E-state index contributed by atoms with van der Waals surface area (Å²) in [4.78, 5) is 4.05. The zero-order valence-corrected chi connectivity index (χ0v) is 7.77. The molecule has 10 heavy (non-hydrogen) atoms. The highest BCUT2D eigenvalue weighted by Gasteiger charge is 1.99. The molecular formula is C8H10BrN. The lowest BCUT2D eigenvalue weighted by Crippen LogP contribution is -1.88. The predicted molar refractivity (Wildman–Crippen MR) is 46.1 cm³/mol. The highest BCUT2D eigenvalue weighted by atomic mass is 79.9. The highest BCUT2D eigenvalue weighted by molar-refractivity contribution is 9.10. The van der Waals surface area contributed by atoms with Gasteiger partial charge in [0, 0.05) is 16.9 Å². The monoisotopic (exact) mass is 199 g/mol. The lowest BCUT2D eigenvalue weighted by atomic mass is 10.1. The van der Waals surface area contributed by atoms with Crippen molar-refractivity contribution in [2.24, 2.45) is 0 Å².